The summed E-state index contributed by atoms with van der Waals surface area (Å²) >= 11 is 0. The molecule has 3 heteroatoms. The first-order valence-corrected chi connectivity index (χ1v) is 7.60. The summed E-state index contributed by atoms with van der Waals surface area (Å²) in [6, 6.07) is 15.9. The van der Waals surface area contributed by atoms with Gasteiger partial charge in [0.1, 0.15) is 0 Å². The highest BCUT2D eigenvalue weighted by atomic mass is 16.3. The van der Waals surface area contributed by atoms with Crippen LogP contribution in [0.5, 0.6) is 0 Å². The Kier molecular flexibility index (Phi) is 4.29. The molecule has 23 heavy (non-hydrogen) atoms. The first-order valence-electron chi connectivity index (χ1n) is 7.60. The molecule has 0 spiro atoms. The summed E-state index contributed by atoms with van der Waals surface area (Å²) in [6.45, 7) is 4.46. The summed E-state index contributed by atoms with van der Waals surface area (Å²) in [4.78, 5) is 12.3. The lowest BCUT2D eigenvalue weighted by molar-refractivity contribution is 0.0950. The number of aryl methyl sites for hydroxylation is 2. The third-order valence-corrected chi connectivity index (χ3v) is 3.90. The Morgan fingerprint density at radius 1 is 1.00 bits per heavy atom. The first-order chi connectivity index (χ1) is 11.1. The Labute approximate surface area is 136 Å². The topological polar surface area (TPSA) is 42.2 Å². The zero-order chi connectivity index (χ0) is 16.2. The van der Waals surface area contributed by atoms with Gasteiger partial charge >= 0.3 is 0 Å². The number of hydrogen-bond acceptors (Lipinski definition) is 2. The number of hydrogen-bond donors (Lipinski definition) is 1. The Bertz CT molecular complexity index is 802. The van der Waals surface area contributed by atoms with Crippen LogP contribution in [0.3, 0.4) is 0 Å². The zero-order valence-electron chi connectivity index (χ0n) is 13.3. The molecule has 1 heterocycles. The number of amides is 1. The van der Waals surface area contributed by atoms with E-state index in [-0.39, 0.29) is 5.91 Å². The number of benzene rings is 2. The van der Waals surface area contributed by atoms with Gasteiger partial charge in [0.2, 0.25) is 0 Å². The van der Waals surface area contributed by atoms with Gasteiger partial charge in [-0.1, -0.05) is 42.0 Å². The number of nitrogens with one attached hydrogen (secondary N) is 1. The van der Waals surface area contributed by atoms with E-state index < -0.39 is 0 Å². The molecule has 0 saturated heterocycles. The second-order valence-corrected chi connectivity index (χ2v) is 5.71. The van der Waals surface area contributed by atoms with Crippen molar-refractivity contribution >= 4 is 5.91 Å². The largest absolute Gasteiger partial charge is 0.472 e. The fourth-order valence-corrected chi connectivity index (χ4v) is 2.50. The predicted octanol–water partition coefficient (Wildman–Crippen LogP) is 4.49. The van der Waals surface area contributed by atoms with E-state index in [0.717, 1.165) is 33.4 Å². The minimum absolute atomic E-state index is 0.0369. The van der Waals surface area contributed by atoms with Crippen LogP contribution in [-0.2, 0) is 6.54 Å². The molecule has 3 aromatic rings. The molecule has 0 atom stereocenters. The Morgan fingerprint density at radius 2 is 1.78 bits per heavy atom. The molecule has 0 aliphatic heterocycles. The van der Waals surface area contributed by atoms with Crippen LogP contribution < -0.4 is 5.32 Å². The van der Waals surface area contributed by atoms with Gasteiger partial charge in [-0.05, 0) is 42.7 Å². The number of carbonyl (C=O) groups is 1. The average Bonchev–Trinajstić information content (AvgIpc) is 3.10. The summed E-state index contributed by atoms with van der Waals surface area (Å²) in [7, 11) is 0. The van der Waals surface area contributed by atoms with Crippen molar-refractivity contribution in [2.45, 2.75) is 20.4 Å². The predicted molar refractivity (Wildman–Crippen MR) is 91.2 cm³/mol. The van der Waals surface area contributed by atoms with Crippen LogP contribution in [0.25, 0.3) is 11.1 Å². The van der Waals surface area contributed by atoms with E-state index in [1.54, 1.807) is 12.5 Å². The summed E-state index contributed by atoms with van der Waals surface area (Å²) in [5.74, 6) is -0.0369. The zero-order valence-corrected chi connectivity index (χ0v) is 13.3. The van der Waals surface area contributed by atoms with Crippen LogP contribution in [0, 0.1) is 13.8 Å². The van der Waals surface area contributed by atoms with Crippen molar-refractivity contribution in [1.29, 1.82) is 0 Å². The lowest BCUT2D eigenvalue weighted by Crippen LogP contribution is -2.23. The number of carbonyl (C=O) groups excluding carboxylic acids is 1. The van der Waals surface area contributed by atoms with Gasteiger partial charge in [-0.3, -0.25) is 4.79 Å². The molecule has 0 aliphatic rings. The maximum Gasteiger partial charge on any atom is 0.251 e. The molecule has 116 valence electrons. The highest BCUT2D eigenvalue weighted by Crippen LogP contribution is 2.20. The minimum atomic E-state index is -0.0369. The molecular formula is C20H19NO2. The Balaban J connectivity index is 1.66. The van der Waals surface area contributed by atoms with Gasteiger partial charge in [-0.25, -0.2) is 0 Å². The van der Waals surface area contributed by atoms with Crippen molar-refractivity contribution in [1.82, 2.24) is 5.32 Å². The van der Waals surface area contributed by atoms with Crippen LogP contribution in [-0.4, -0.2) is 5.91 Å². The molecule has 1 N–H and O–H groups in total. The van der Waals surface area contributed by atoms with Gasteiger partial charge in [-0.2, -0.15) is 0 Å². The molecule has 0 radical (unpaired) electrons. The molecule has 0 saturated carbocycles. The van der Waals surface area contributed by atoms with Crippen LogP contribution in [0.15, 0.2) is 65.5 Å². The lowest BCUT2D eigenvalue weighted by Gasteiger charge is -2.09. The van der Waals surface area contributed by atoms with E-state index in [0.29, 0.717) is 6.54 Å². The van der Waals surface area contributed by atoms with Gasteiger partial charge < -0.3 is 9.73 Å². The fraction of sp³-hybridized carbons (Fsp3) is 0.150. The van der Waals surface area contributed by atoms with Crippen molar-refractivity contribution in [3.63, 3.8) is 0 Å². The molecule has 3 rings (SSSR count). The number of rotatable bonds is 4. The highest BCUT2D eigenvalue weighted by molar-refractivity contribution is 5.95. The van der Waals surface area contributed by atoms with Gasteiger partial charge in [0.05, 0.1) is 12.5 Å². The smallest absolute Gasteiger partial charge is 0.251 e. The molecule has 0 fully saturated rings. The van der Waals surface area contributed by atoms with Crippen LogP contribution in [0.2, 0.25) is 0 Å². The normalized spacial score (nSPS) is 10.5. The van der Waals surface area contributed by atoms with Gasteiger partial charge in [0.15, 0.2) is 0 Å². The molecule has 2 aromatic carbocycles. The fourth-order valence-electron chi connectivity index (χ4n) is 2.50. The van der Waals surface area contributed by atoms with Gasteiger partial charge in [0, 0.05) is 17.7 Å². The maximum absolute atomic E-state index is 12.3. The highest BCUT2D eigenvalue weighted by Gasteiger charge is 2.09. The van der Waals surface area contributed by atoms with Crippen molar-refractivity contribution in [3.8, 4) is 11.1 Å². The molecule has 3 nitrogen and oxygen atoms in total. The van der Waals surface area contributed by atoms with E-state index >= 15 is 0 Å². The summed E-state index contributed by atoms with van der Waals surface area (Å²) in [6.07, 6.45) is 3.38. The van der Waals surface area contributed by atoms with E-state index in [4.69, 9.17) is 4.42 Å². The Hall–Kier alpha value is -2.81. The minimum Gasteiger partial charge on any atom is -0.472 e. The van der Waals surface area contributed by atoms with Crippen molar-refractivity contribution < 1.29 is 9.21 Å². The SMILES string of the molecule is Cc1ccc(C)c(C(=O)NCc2ccc(-c3ccoc3)cc2)c1. The molecule has 0 aliphatic carbocycles. The molecule has 0 unspecified atom stereocenters. The molecular weight excluding hydrogens is 286 g/mol. The van der Waals surface area contributed by atoms with Crippen LogP contribution in [0.4, 0.5) is 0 Å². The third kappa shape index (κ3) is 3.51. The molecule has 1 amide bonds. The van der Waals surface area contributed by atoms with E-state index in [2.05, 4.69) is 5.32 Å². The summed E-state index contributed by atoms with van der Waals surface area (Å²) in [5.41, 5.74) is 6.03. The molecule has 0 bridgehead atoms. The van der Waals surface area contributed by atoms with Gasteiger partial charge in [-0.15, -0.1) is 0 Å². The number of furan rings is 1. The quantitative estimate of drug-likeness (QED) is 0.771. The maximum atomic E-state index is 12.3. The van der Waals surface area contributed by atoms with Gasteiger partial charge in [0.25, 0.3) is 5.91 Å². The second kappa shape index (κ2) is 6.53. The van der Waals surface area contributed by atoms with Crippen molar-refractivity contribution in [2.75, 3.05) is 0 Å². The van der Waals surface area contributed by atoms with Crippen molar-refractivity contribution in [3.05, 3.63) is 83.3 Å². The van der Waals surface area contributed by atoms with E-state index in [9.17, 15) is 4.79 Å². The molecule has 1 aromatic heterocycles. The monoisotopic (exact) mass is 305 g/mol. The average molecular weight is 305 g/mol. The van der Waals surface area contributed by atoms with Crippen LogP contribution in [0.1, 0.15) is 27.0 Å². The van der Waals surface area contributed by atoms with E-state index in [1.807, 2.05) is 62.4 Å². The lowest BCUT2D eigenvalue weighted by atomic mass is 10.0. The first kappa shape index (κ1) is 15.1. The van der Waals surface area contributed by atoms with Crippen LogP contribution >= 0.6 is 0 Å². The Morgan fingerprint density at radius 3 is 2.48 bits per heavy atom. The third-order valence-electron chi connectivity index (χ3n) is 3.90. The standard InChI is InChI=1S/C20H19NO2/c1-14-3-4-15(2)19(11-14)20(22)21-12-16-5-7-17(8-6-16)18-9-10-23-13-18/h3-11,13H,12H2,1-2H3,(H,21,22). The van der Waals surface area contributed by atoms with Crippen molar-refractivity contribution in [2.24, 2.45) is 0 Å². The second-order valence-electron chi connectivity index (χ2n) is 5.71. The summed E-state index contributed by atoms with van der Waals surface area (Å²) < 4.78 is 5.09. The van der Waals surface area contributed by atoms with E-state index in [1.165, 1.54) is 0 Å². The summed E-state index contributed by atoms with van der Waals surface area (Å²) in [5, 5.41) is 2.98.